The molecule has 0 aromatic heterocycles. The van der Waals surface area contributed by atoms with E-state index in [9.17, 15) is 4.79 Å². The molecule has 1 aliphatic rings. The first-order chi connectivity index (χ1) is 7.70. The van der Waals surface area contributed by atoms with E-state index in [4.69, 9.17) is 5.26 Å². The molecule has 0 aliphatic heterocycles. The van der Waals surface area contributed by atoms with E-state index in [0.29, 0.717) is 6.04 Å². The number of rotatable bonds is 5. The van der Waals surface area contributed by atoms with Crippen LogP contribution in [0.15, 0.2) is 0 Å². The average Bonchev–Trinajstić information content (AvgIpc) is 2.78. The summed E-state index contributed by atoms with van der Waals surface area (Å²) in [5.74, 6) is 0.245. The Bertz CT molecular complexity index is 264. The van der Waals surface area contributed by atoms with Crippen LogP contribution in [0.4, 0.5) is 0 Å². The standard InChI is InChI=1S/C13H22N2O/c1-3-6-11(2)13(16)15(10-9-14)12-7-4-5-8-12/h11-12H,3-8,10H2,1-2H3. The summed E-state index contributed by atoms with van der Waals surface area (Å²) in [4.78, 5) is 14.0. The second kappa shape index (κ2) is 6.52. The number of hydrogen-bond acceptors (Lipinski definition) is 2. The molecule has 0 N–H and O–H groups in total. The van der Waals surface area contributed by atoms with E-state index in [-0.39, 0.29) is 18.4 Å². The second-order valence-electron chi connectivity index (χ2n) is 4.75. The summed E-state index contributed by atoms with van der Waals surface area (Å²) < 4.78 is 0. The quantitative estimate of drug-likeness (QED) is 0.671. The summed E-state index contributed by atoms with van der Waals surface area (Å²) in [6.07, 6.45) is 6.49. The number of carbonyl (C=O) groups excluding carboxylic acids is 1. The van der Waals surface area contributed by atoms with Crippen LogP contribution in [-0.4, -0.2) is 23.4 Å². The largest absolute Gasteiger partial charge is 0.326 e. The van der Waals surface area contributed by atoms with Crippen LogP contribution in [0.25, 0.3) is 0 Å². The summed E-state index contributed by atoms with van der Waals surface area (Å²) >= 11 is 0. The van der Waals surface area contributed by atoms with E-state index in [0.717, 1.165) is 25.7 Å². The normalized spacial score (nSPS) is 18.1. The van der Waals surface area contributed by atoms with Crippen molar-refractivity contribution in [3.8, 4) is 6.07 Å². The van der Waals surface area contributed by atoms with Gasteiger partial charge in [0.1, 0.15) is 6.54 Å². The highest BCUT2D eigenvalue weighted by atomic mass is 16.2. The first kappa shape index (κ1) is 13.0. The van der Waals surface area contributed by atoms with Crippen molar-refractivity contribution in [3.05, 3.63) is 0 Å². The van der Waals surface area contributed by atoms with Gasteiger partial charge in [0.2, 0.25) is 5.91 Å². The molecular weight excluding hydrogens is 200 g/mol. The Kier molecular flexibility index (Phi) is 5.31. The number of carbonyl (C=O) groups is 1. The Balaban J connectivity index is 2.61. The van der Waals surface area contributed by atoms with Gasteiger partial charge in [-0.05, 0) is 19.3 Å². The van der Waals surface area contributed by atoms with Crippen LogP contribution in [0.3, 0.4) is 0 Å². The Hall–Kier alpha value is -1.04. The smallest absolute Gasteiger partial charge is 0.226 e. The molecule has 0 heterocycles. The van der Waals surface area contributed by atoms with Gasteiger partial charge in [0.25, 0.3) is 0 Å². The van der Waals surface area contributed by atoms with Crippen LogP contribution in [0, 0.1) is 17.2 Å². The summed E-state index contributed by atoms with van der Waals surface area (Å²) in [6.45, 7) is 4.33. The third-order valence-electron chi connectivity index (χ3n) is 3.43. The van der Waals surface area contributed by atoms with Crippen molar-refractivity contribution >= 4 is 5.91 Å². The van der Waals surface area contributed by atoms with Crippen LogP contribution >= 0.6 is 0 Å². The van der Waals surface area contributed by atoms with Crippen molar-refractivity contribution in [1.82, 2.24) is 4.90 Å². The van der Waals surface area contributed by atoms with Crippen molar-refractivity contribution in [3.63, 3.8) is 0 Å². The molecule has 0 aromatic rings. The zero-order valence-corrected chi connectivity index (χ0v) is 10.4. The molecule has 1 aliphatic carbocycles. The SMILES string of the molecule is CCCC(C)C(=O)N(CC#N)C1CCCC1. The fourth-order valence-corrected chi connectivity index (χ4v) is 2.52. The number of amides is 1. The van der Waals surface area contributed by atoms with Crippen molar-refractivity contribution in [2.45, 2.75) is 58.4 Å². The molecule has 1 amide bonds. The highest BCUT2D eigenvalue weighted by Crippen LogP contribution is 2.25. The second-order valence-corrected chi connectivity index (χ2v) is 4.75. The lowest BCUT2D eigenvalue weighted by Crippen LogP contribution is -2.42. The van der Waals surface area contributed by atoms with Gasteiger partial charge < -0.3 is 4.90 Å². The maximum Gasteiger partial charge on any atom is 0.226 e. The third kappa shape index (κ3) is 3.23. The minimum atomic E-state index is 0.0685. The van der Waals surface area contributed by atoms with Gasteiger partial charge in [-0.1, -0.05) is 33.1 Å². The zero-order valence-electron chi connectivity index (χ0n) is 10.4. The van der Waals surface area contributed by atoms with E-state index in [1.807, 2.05) is 11.8 Å². The Labute approximate surface area is 98.4 Å². The Morgan fingerprint density at radius 2 is 2.12 bits per heavy atom. The van der Waals surface area contributed by atoms with Gasteiger partial charge in [-0.15, -0.1) is 0 Å². The first-order valence-electron chi connectivity index (χ1n) is 6.38. The lowest BCUT2D eigenvalue weighted by molar-refractivity contribution is -0.136. The summed E-state index contributed by atoms with van der Waals surface area (Å²) in [7, 11) is 0. The van der Waals surface area contributed by atoms with E-state index < -0.39 is 0 Å². The zero-order chi connectivity index (χ0) is 12.0. The van der Waals surface area contributed by atoms with Crippen molar-refractivity contribution in [2.24, 2.45) is 5.92 Å². The maximum absolute atomic E-state index is 12.2. The molecule has 3 nitrogen and oxygen atoms in total. The first-order valence-corrected chi connectivity index (χ1v) is 6.38. The van der Waals surface area contributed by atoms with Crippen molar-refractivity contribution < 1.29 is 4.79 Å². The van der Waals surface area contributed by atoms with E-state index in [1.165, 1.54) is 12.8 Å². The maximum atomic E-state index is 12.2. The molecule has 0 bridgehead atoms. The Morgan fingerprint density at radius 1 is 1.50 bits per heavy atom. The van der Waals surface area contributed by atoms with Crippen molar-refractivity contribution in [2.75, 3.05) is 6.54 Å². The molecule has 1 atom stereocenters. The van der Waals surface area contributed by atoms with Crippen LogP contribution in [-0.2, 0) is 4.79 Å². The van der Waals surface area contributed by atoms with Crippen LogP contribution in [0.5, 0.6) is 0 Å². The van der Waals surface area contributed by atoms with E-state index in [1.54, 1.807) is 0 Å². The molecule has 0 aromatic carbocycles. The summed E-state index contributed by atoms with van der Waals surface area (Å²) in [5, 5.41) is 8.81. The minimum absolute atomic E-state index is 0.0685. The van der Waals surface area contributed by atoms with Gasteiger partial charge in [0, 0.05) is 12.0 Å². The van der Waals surface area contributed by atoms with Crippen molar-refractivity contribution in [1.29, 1.82) is 5.26 Å². The molecule has 90 valence electrons. The van der Waals surface area contributed by atoms with Crippen LogP contribution in [0.1, 0.15) is 52.4 Å². The van der Waals surface area contributed by atoms with Gasteiger partial charge in [-0.2, -0.15) is 5.26 Å². The molecule has 1 unspecified atom stereocenters. The van der Waals surface area contributed by atoms with E-state index in [2.05, 4.69) is 13.0 Å². The van der Waals surface area contributed by atoms with Crippen LogP contribution < -0.4 is 0 Å². The number of nitrogens with zero attached hydrogens (tertiary/aromatic N) is 2. The van der Waals surface area contributed by atoms with Gasteiger partial charge >= 0.3 is 0 Å². The highest BCUT2D eigenvalue weighted by molar-refractivity contribution is 5.79. The molecule has 3 heteroatoms. The van der Waals surface area contributed by atoms with Crippen LogP contribution in [0.2, 0.25) is 0 Å². The molecule has 0 saturated heterocycles. The summed E-state index contributed by atoms with van der Waals surface area (Å²) in [6, 6.07) is 2.45. The molecule has 1 saturated carbocycles. The molecule has 1 rings (SSSR count). The third-order valence-corrected chi connectivity index (χ3v) is 3.43. The van der Waals surface area contributed by atoms with Gasteiger partial charge in [-0.3, -0.25) is 4.79 Å². The summed E-state index contributed by atoms with van der Waals surface area (Å²) in [5.41, 5.74) is 0. The average molecular weight is 222 g/mol. The molecule has 0 radical (unpaired) electrons. The number of nitriles is 1. The van der Waals surface area contributed by atoms with Gasteiger partial charge in [0.15, 0.2) is 0 Å². The molecule has 1 fully saturated rings. The predicted octanol–water partition coefficient (Wildman–Crippen LogP) is 2.72. The minimum Gasteiger partial charge on any atom is -0.326 e. The van der Waals surface area contributed by atoms with Gasteiger partial charge in [-0.25, -0.2) is 0 Å². The fourth-order valence-electron chi connectivity index (χ4n) is 2.52. The predicted molar refractivity (Wildman–Crippen MR) is 63.7 cm³/mol. The Morgan fingerprint density at radius 3 is 2.62 bits per heavy atom. The highest BCUT2D eigenvalue weighted by Gasteiger charge is 2.28. The molecule has 16 heavy (non-hydrogen) atoms. The lowest BCUT2D eigenvalue weighted by atomic mass is 10.0. The molecule has 0 spiro atoms. The van der Waals surface area contributed by atoms with Gasteiger partial charge in [0.05, 0.1) is 6.07 Å². The molecular formula is C13H22N2O. The monoisotopic (exact) mass is 222 g/mol. The lowest BCUT2D eigenvalue weighted by Gasteiger charge is -2.29. The van der Waals surface area contributed by atoms with E-state index >= 15 is 0 Å². The fraction of sp³-hybridized carbons (Fsp3) is 0.846. The topological polar surface area (TPSA) is 44.1 Å². The number of hydrogen-bond donors (Lipinski definition) is 0.